The van der Waals surface area contributed by atoms with Crippen molar-refractivity contribution in [2.24, 2.45) is 29.4 Å². The van der Waals surface area contributed by atoms with E-state index in [2.05, 4.69) is 17.1 Å². The Balaban J connectivity index is 1.28. The molecule has 4 nitrogen and oxygen atoms in total. The van der Waals surface area contributed by atoms with Crippen LogP contribution in [-0.2, 0) is 4.79 Å². The van der Waals surface area contributed by atoms with E-state index >= 15 is 0 Å². The molecule has 1 aliphatic heterocycles. The second kappa shape index (κ2) is 7.31. The summed E-state index contributed by atoms with van der Waals surface area (Å²) >= 11 is 0. The SMILES string of the molecule is CC1CCN(CCCCNC(=O)C2C3CCC(C3)C2N)CC1. The highest BCUT2D eigenvalue weighted by Crippen LogP contribution is 2.47. The summed E-state index contributed by atoms with van der Waals surface area (Å²) in [5.41, 5.74) is 6.24. The van der Waals surface area contributed by atoms with Crippen LogP contribution in [0.1, 0.15) is 51.9 Å². The molecule has 1 amide bonds. The summed E-state index contributed by atoms with van der Waals surface area (Å²) < 4.78 is 0. The van der Waals surface area contributed by atoms with Crippen molar-refractivity contribution in [1.29, 1.82) is 0 Å². The van der Waals surface area contributed by atoms with Gasteiger partial charge in [0.25, 0.3) is 0 Å². The van der Waals surface area contributed by atoms with Crippen molar-refractivity contribution in [3.05, 3.63) is 0 Å². The van der Waals surface area contributed by atoms with Crippen LogP contribution in [0.5, 0.6) is 0 Å². The van der Waals surface area contributed by atoms with Gasteiger partial charge in [0.15, 0.2) is 0 Å². The number of hydrogen-bond acceptors (Lipinski definition) is 3. The zero-order valence-corrected chi connectivity index (χ0v) is 14.1. The van der Waals surface area contributed by atoms with E-state index in [-0.39, 0.29) is 17.9 Å². The quantitative estimate of drug-likeness (QED) is 0.738. The summed E-state index contributed by atoms with van der Waals surface area (Å²) in [4.78, 5) is 14.9. The van der Waals surface area contributed by atoms with Gasteiger partial charge in [-0.2, -0.15) is 0 Å². The van der Waals surface area contributed by atoms with Crippen molar-refractivity contribution < 1.29 is 4.79 Å². The third-order valence-electron chi connectivity index (χ3n) is 6.36. The zero-order valence-electron chi connectivity index (χ0n) is 14.1. The highest BCUT2D eigenvalue weighted by atomic mass is 16.1. The minimum atomic E-state index is 0.0994. The summed E-state index contributed by atoms with van der Waals surface area (Å²) in [5.74, 6) is 2.41. The number of rotatable bonds is 6. The molecule has 1 heterocycles. The largest absolute Gasteiger partial charge is 0.356 e. The summed E-state index contributed by atoms with van der Waals surface area (Å²) in [6.45, 7) is 6.88. The van der Waals surface area contributed by atoms with Crippen molar-refractivity contribution in [3.8, 4) is 0 Å². The van der Waals surface area contributed by atoms with Crippen LogP contribution in [0.4, 0.5) is 0 Å². The van der Waals surface area contributed by atoms with Crippen molar-refractivity contribution in [3.63, 3.8) is 0 Å². The first-order valence-corrected chi connectivity index (χ1v) is 9.41. The highest BCUT2D eigenvalue weighted by molar-refractivity contribution is 5.80. The van der Waals surface area contributed by atoms with Crippen molar-refractivity contribution >= 4 is 5.91 Å². The second-order valence-electron chi connectivity index (χ2n) is 7.96. The fraction of sp³-hybridized carbons (Fsp3) is 0.944. The van der Waals surface area contributed by atoms with Gasteiger partial charge < -0.3 is 16.0 Å². The Hall–Kier alpha value is -0.610. The van der Waals surface area contributed by atoms with Gasteiger partial charge in [0, 0.05) is 12.6 Å². The van der Waals surface area contributed by atoms with Crippen LogP contribution in [0, 0.1) is 23.7 Å². The number of nitrogens with two attached hydrogens (primary N) is 1. The summed E-state index contributed by atoms with van der Waals surface area (Å²) in [5, 5.41) is 3.15. The van der Waals surface area contributed by atoms with Crippen LogP contribution in [0.3, 0.4) is 0 Å². The molecule has 22 heavy (non-hydrogen) atoms. The standard InChI is InChI=1S/C18H33N3O/c1-13-6-10-21(11-7-13)9-3-2-8-20-18(22)16-14-4-5-15(12-14)17(16)19/h13-17H,2-12,19H2,1H3,(H,20,22). The van der Waals surface area contributed by atoms with Crippen LogP contribution in [0.2, 0.25) is 0 Å². The smallest absolute Gasteiger partial charge is 0.224 e. The van der Waals surface area contributed by atoms with Gasteiger partial charge in [0.1, 0.15) is 0 Å². The fourth-order valence-electron chi connectivity index (χ4n) is 4.80. The van der Waals surface area contributed by atoms with Gasteiger partial charge in [-0.05, 0) is 82.3 Å². The molecule has 3 N–H and O–H groups in total. The van der Waals surface area contributed by atoms with E-state index in [0.29, 0.717) is 11.8 Å². The number of hydrogen-bond donors (Lipinski definition) is 2. The zero-order chi connectivity index (χ0) is 15.5. The fourth-order valence-corrected chi connectivity index (χ4v) is 4.80. The lowest BCUT2D eigenvalue weighted by molar-refractivity contribution is -0.127. The van der Waals surface area contributed by atoms with E-state index in [1.54, 1.807) is 0 Å². The number of likely N-dealkylation sites (tertiary alicyclic amines) is 1. The summed E-state index contributed by atoms with van der Waals surface area (Å²) in [7, 11) is 0. The van der Waals surface area contributed by atoms with E-state index in [9.17, 15) is 4.79 Å². The molecule has 0 spiro atoms. The average molecular weight is 307 g/mol. The van der Waals surface area contributed by atoms with Crippen molar-refractivity contribution in [2.75, 3.05) is 26.2 Å². The number of nitrogens with one attached hydrogen (secondary N) is 1. The number of amides is 1. The van der Waals surface area contributed by atoms with Gasteiger partial charge in [0.2, 0.25) is 5.91 Å². The van der Waals surface area contributed by atoms with Gasteiger partial charge in [-0.25, -0.2) is 0 Å². The molecule has 4 heteroatoms. The molecule has 0 aromatic heterocycles. The van der Waals surface area contributed by atoms with Crippen LogP contribution >= 0.6 is 0 Å². The molecule has 0 radical (unpaired) electrons. The Bertz CT molecular complexity index is 377. The maximum absolute atomic E-state index is 12.3. The molecule has 126 valence electrons. The maximum atomic E-state index is 12.3. The molecule has 3 fully saturated rings. The first kappa shape index (κ1) is 16.3. The Morgan fingerprint density at radius 2 is 1.86 bits per heavy atom. The highest BCUT2D eigenvalue weighted by Gasteiger charge is 2.48. The van der Waals surface area contributed by atoms with Crippen molar-refractivity contribution in [1.82, 2.24) is 10.2 Å². The number of piperidine rings is 1. The second-order valence-corrected chi connectivity index (χ2v) is 7.96. The molecule has 2 saturated carbocycles. The molecule has 4 unspecified atom stereocenters. The Morgan fingerprint density at radius 1 is 1.14 bits per heavy atom. The van der Waals surface area contributed by atoms with Gasteiger partial charge >= 0.3 is 0 Å². The number of carbonyl (C=O) groups is 1. The maximum Gasteiger partial charge on any atom is 0.224 e. The minimum Gasteiger partial charge on any atom is -0.356 e. The molecule has 3 aliphatic rings. The van der Waals surface area contributed by atoms with Gasteiger partial charge in [0.05, 0.1) is 5.92 Å². The van der Waals surface area contributed by atoms with Crippen LogP contribution in [-0.4, -0.2) is 43.0 Å². The van der Waals surface area contributed by atoms with E-state index < -0.39 is 0 Å². The third-order valence-corrected chi connectivity index (χ3v) is 6.36. The Morgan fingerprint density at radius 3 is 2.55 bits per heavy atom. The summed E-state index contributed by atoms with van der Waals surface area (Å²) in [6.07, 6.45) is 8.61. The molecule has 2 aliphatic carbocycles. The van der Waals surface area contributed by atoms with Crippen molar-refractivity contribution in [2.45, 2.75) is 57.9 Å². The molecule has 0 aromatic carbocycles. The molecule has 3 rings (SSSR count). The van der Waals surface area contributed by atoms with Gasteiger partial charge in [-0.3, -0.25) is 4.79 Å². The molecule has 1 saturated heterocycles. The van der Waals surface area contributed by atoms with Crippen LogP contribution in [0.15, 0.2) is 0 Å². The first-order valence-electron chi connectivity index (χ1n) is 9.41. The van der Waals surface area contributed by atoms with Crippen LogP contribution < -0.4 is 11.1 Å². The first-order chi connectivity index (χ1) is 10.6. The topological polar surface area (TPSA) is 58.4 Å². The lowest BCUT2D eigenvalue weighted by Crippen LogP contribution is -2.45. The molecular weight excluding hydrogens is 274 g/mol. The normalized spacial score (nSPS) is 35.9. The third kappa shape index (κ3) is 3.65. The van der Waals surface area contributed by atoms with E-state index in [1.807, 2.05) is 0 Å². The van der Waals surface area contributed by atoms with Crippen LogP contribution in [0.25, 0.3) is 0 Å². The predicted octanol–water partition coefficient (Wildman–Crippen LogP) is 1.99. The lowest BCUT2D eigenvalue weighted by Gasteiger charge is -2.30. The van der Waals surface area contributed by atoms with Gasteiger partial charge in [-0.1, -0.05) is 6.92 Å². The summed E-state index contributed by atoms with van der Waals surface area (Å²) in [6, 6.07) is 0.120. The lowest BCUT2D eigenvalue weighted by atomic mass is 9.84. The van der Waals surface area contributed by atoms with E-state index in [0.717, 1.165) is 18.9 Å². The average Bonchev–Trinajstić information content (AvgIpc) is 3.09. The number of fused-ring (bicyclic) bond motifs is 2. The predicted molar refractivity (Wildman–Crippen MR) is 89.4 cm³/mol. The van der Waals surface area contributed by atoms with Gasteiger partial charge in [-0.15, -0.1) is 0 Å². The molecular formula is C18H33N3O. The number of unbranched alkanes of at least 4 members (excludes halogenated alkanes) is 1. The Kier molecular flexibility index (Phi) is 5.40. The molecule has 0 aromatic rings. The van der Waals surface area contributed by atoms with E-state index in [4.69, 9.17) is 5.73 Å². The monoisotopic (exact) mass is 307 g/mol. The number of nitrogens with zero attached hydrogens (tertiary/aromatic N) is 1. The Labute approximate surface area is 135 Å². The van der Waals surface area contributed by atoms with E-state index in [1.165, 1.54) is 58.2 Å². The molecule has 2 bridgehead atoms. The number of carbonyl (C=O) groups excluding carboxylic acids is 1. The minimum absolute atomic E-state index is 0.0994. The molecule has 4 atom stereocenters.